The summed E-state index contributed by atoms with van der Waals surface area (Å²) in [5.41, 5.74) is 2.49. The van der Waals surface area contributed by atoms with Gasteiger partial charge in [0.05, 0.1) is 12.2 Å². The van der Waals surface area contributed by atoms with Gasteiger partial charge < -0.3 is 5.32 Å². The lowest BCUT2D eigenvalue weighted by atomic mass is 10.3. The minimum atomic E-state index is -0.0448. The number of thiazole rings is 1. The van der Waals surface area contributed by atoms with Crippen molar-refractivity contribution < 1.29 is 0 Å². The number of hydrogen-bond donors (Lipinski definition) is 1. The van der Waals surface area contributed by atoms with Crippen LogP contribution < -0.4 is 10.9 Å². The molecule has 0 unspecified atom stereocenters. The first-order valence-electron chi connectivity index (χ1n) is 6.10. The molecule has 4 nitrogen and oxygen atoms in total. The Hall–Kier alpha value is -1.85. The van der Waals surface area contributed by atoms with Crippen LogP contribution in [0.15, 0.2) is 40.5 Å². The molecule has 3 aromatic rings. The number of aromatic nitrogens is 2. The van der Waals surface area contributed by atoms with Gasteiger partial charge >= 0.3 is 0 Å². The van der Waals surface area contributed by atoms with E-state index in [1.165, 1.54) is 11.3 Å². The van der Waals surface area contributed by atoms with Gasteiger partial charge in [0.2, 0.25) is 0 Å². The highest BCUT2D eigenvalue weighted by Gasteiger charge is 2.06. The Morgan fingerprint density at radius 3 is 3.05 bits per heavy atom. The number of fused-ring (bicyclic) bond motifs is 1. The number of hydrogen-bond acceptors (Lipinski definition) is 4. The molecular formula is C14H12ClN3OS. The molecule has 1 N–H and O–H groups in total. The molecule has 0 spiro atoms. The van der Waals surface area contributed by atoms with Crippen LogP contribution in [0.5, 0.6) is 0 Å². The van der Waals surface area contributed by atoms with Crippen LogP contribution in [0.1, 0.15) is 11.4 Å². The van der Waals surface area contributed by atoms with Crippen LogP contribution in [0.4, 0.5) is 5.69 Å². The molecule has 6 heteroatoms. The summed E-state index contributed by atoms with van der Waals surface area (Å²) in [5.74, 6) is 0. The molecule has 0 aliphatic heterocycles. The van der Waals surface area contributed by atoms with Crippen LogP contribution in [0.25, 0.3) is 4.96 Å². The van der Waals surface area contributed by atoms with E-state index in [9.17, 15) is 4.79 Å². The van der Waals surface area contributed by atoms with Gasteiger partial charge in [0.1, 0.15) is 0 Å². The zero-order valence-corrected chi connectivity index (χ0v) is 12.3. The van der Waals surface area contributed by atoms with Gasteiger partial charge in [-0.25, -0.2) is 4.98 Å². The van der Waals surface area contributed by atoms with Gasteiger partial charge in [0.25, 0.3) is 5.56 Å². The first kappa shape index (κ1) is 13.1. The third-order valence-electron chi connectivity index (χ3n) is 2.93. The van der Waals surface area contributed by atoms with Gasteiger partial charge in [-0.3, -0.25) is 9.20 Å². The molecule has 0 radical (unpaired) electrons. The van der Waals surface area contributed by atoms with Crippen molar-refractivity contribution in [2.24, 2.45) is 0 Å². The third-order valence-corrected chi connectivity index (χ3v) is 4.11. The standard InChI is InChI=1S/C14H12ClN3OS/c1-9-8-20-14-17-12(6-13(19)18(9)14)7-16-11-4-2-3-10(15)5-11/h2-6,8,16H,7H2,1H3. The average molecular weight is 306 g/mol. The largest absolute Gasteiger partial charge is 0.379 e. The van der Waals surface area contributed by atoms with Crippen LogP contribution >= 0.6 is 22.9 Å². The first-order chi connectivity index (χ1) is 9.63. The number of aryl methyl sites for hydroxylation is 1. The molecule has 2 heterocycles. The Morgan fingerprint density at radius 2 is 2.25 bits per heavy atom. The fourth-order valence-electron chi connectivity index (χ4n) is 1.98. The van der Waals surface area contributed by atoms with E-state index in [-0.39, 0.29) is 5.56 Å². The summed E-state index contributed by atoms with van der Waals surface area (Å²) < 4.78 is 1.62. The summed E-state index contributed by atoms with van der Waals surface area (Å²) in [6.07, 6.45) is 0. The molecule has 3 rings (SSSR count). The van der Waals surface area contributed by atoms with Gasteiger partial charge in [0.15, 0.2) is 4.96 Å². The highest BCUT2D eigenvalue weighted by Crippen LogP contribution is 2.16. The van der Waals surface area contributed by atoms with Crippen LogP contribution in [0, 0.1) is 6.92 Å². The van der Waals surface area contributed by atoms with Crippen molar-refractivity contribution in [2.75, 3.05) is 5.32 Å². The number of rotatable bonds is 3. The van der Waals surface area contributed by atoms with E-state index >= 15 is 0 Å². The lowest BCUT2D eigenvalue weighted by molar-refractivity contribution is 0.966. The van der Waals surface area contributed by atoms with Crippen molar-refractivity contribution in [3.8, 4) is 0 Å². The Bertz CT molecular complexity index is 825. The molecule has 0 fully saturated rings. The molecule has 0 saturated carbocycles. The lowest BCUT2D eigenvalue weighted by Gasteiger charge is -2.06. The number of halogens is 1. The van der Waals surface area contributed by atoms with E-state index in [2.05, 4.69) is 10.3 Å². The molecule has 0 amide bonds. The molecule has 0 aliphatic carbocycles. The van der Waals surface area contributed by atoms with Crippen LogP contribution in [0.3, 0.4) is 0 Å². The Morgan fingerprint density at radius 1 is 1.40 bits per heavy atom. The summed E-state index contributed by atoms with van der Waals surface area (Å²) in [6.45, 7) is 2.39. The Kier molecular flexibility index (Phi) is 3.46. The van der Waals surface area contributed by atoms with Crippen LogP contribution in [0.2, 0.25) is 5.02 Å². The third kappa shape index (κ3) is 2.55. The van der Waals surface area contributed by atoms with E-state index in [0.717, 1.165) is 22.0 Å². The predicted octanol–water partition coefficient (Wildman–Crippen LogP) is 3.33. The zero-order chi connectivity index (χ0) is 14.1. The zero-order valence-electron chi connectivity index (χ0n) is 10.8. The van der Waals surface area contributed by atoms with E-state index in [1.807, 2.05) is 36.6 Å². The highest BCUT2D eigenvalue weighted by molar-refractivity contribution is 7.15. The van der Waals surface area contributed by atoms with Gasteiger partial charge in [-0.1, -0.05) is 17.7 Å². The minimum absolute atomic E-state index is 0.0448. The van der Waals surface area contributed by atoms with Crippen LogP contribution in [-0.4, -0.2) is 9.38 Å². The van der Waals surface area contributed by atoms with Crippen LogP contribution in [-0.2, 0) is 6.54 Å². The summed E-state index contributed by atoms with van der Waals surface area (Å²) >= 11 is 7.39. The predicted molar refractivity (Wildman–Crippen MR) is 82.9 cm³/mol. The smallest absolute Gasteiger partial charge is 0.259 e. The summed E-state index contributed by atoms with van der Waals surface area (Å²) in [7, 11) is 0. The molecular weight excluding hydrogens is 294 g/mol. The van der Waals surface area contributed by atoms with E-state index in [0.29, 0.717) is 11.6 Å². The average Bonchev–Trinajstić information content (AvgIpc) is 2.79. The van der Waals surface area contributed by atoms with Crippen molar-refractivity contribution in [3.63, 3.8) is 0 Å². The maximum Gasteiger partial charge on any atom is 0.259 e. The number of anilines is 1. The van der Waals surface area contributed by atoms with Crippen molar-refractivity contribution >= 4 is 33.6 Å². The molecule has 0 bridgehead atoms. The normalized spacial score (nSPS) is 10.9. The number of nitrogens with one attached hydrogen (secondary N) is 1. The number of nitrogens with zero attached hydrogens (tertiary/aromatic N) is 2. The van der Waals surface area contributed by atoms with Crippen molar-refractivity contribution in [2.45, 2.75) is 13.5 Å². The second-order valence-electron chi connectivity index (χ2n) is 4.44. The summed E-state index contributed by atoms with van der Waals surface area (Å²) in [5, 5.41) is 5.81. The molecule has 0 atom stereocenters. The van der Waals surface area contributed by atoms with Gasteiger partial charge in [-0.15, -0.1) is 11.3 Å². The summed E-state index contributed by atoms with van der Waals surface area (Å²) in [4.78, 5) is 17.2. The molecule has 102 valence electrons. The van der Waals surface area contributed by atoms with E-state index < -0.39 is 0 Å². The van der Waals surface area contributed by atoms with E-state index in [4.69, 9.17) is 11.6 Å². The highest BCUT2D eigenvalue weighted by atomic mass is 35.5. The SMILES string of the molecule is Cc1csc2nc(CNc3cccc(Cl)c3)cc(=O)n12. The Balaban J connectivity index is 1.86. The fourth-order valence-corrected chi connectivity index (χ4v) is 3.06. The van der Waals surface area contributed by atoms with Crippen molar-refractivity contribution in [1.82, 2.24) is 9.38 Å². The van der Waals surface area contributed by atoms with Gasteiger partial charge in [-0.2, -0.15) is 0 Å². The molecule has 0 aliphatic rings. The molecule has 2 aromatic heterocycles. The van der Waals surface area contributed by atoms with E-state index in [1.54, 1.807) is 10.5 Å². The quantitative estimate of drug-likeness (QED) is 0.807. The lowest BCUT2D eigenvalue weighted by Crippen LogP contribution is -2.16. The molecule has 20 heavy (non-hydrogen) atoms. The molecule has 0 saturated heterocycles. The monoisotopic (exact) mass is 305 g/mol. The maximum atomic E-state index is 12.0. The fraction of sp³-hybridized carbons (Fsp3) is 0.143. The maximum absolute atomic E-state index is 12.0. The topological polar surface area (TPSA) is 46.4 Å². The summed E-state index contributed by atoms with van der Waals surface area (Å²) in [6, 6.07) is 9.01. The van der Waals surface area contributed by atoms with Crippen molar-refractivity contribution in [3.05, 3.63) is 62.5 Å². The molecule has 1 aromatic carbocycles. The second kappa shape index (κ2) is 5.26. The van der Waals surface area contributed by atoms with Gasteiger partial charge in [0, 0.05) is 27.9 Å². The first-order valence-corrected chi connectivity index (χ1v) is 7.35. The Labute approximate surface area is 124 Å². The van der Waals surface area contributed by atoms with Gasteiger partial charge in [-0.05, 0) is 25.1 Å². The van der Waals surface area contributed by atoms with Crippen molar-refractivity contribution in [1.29, 1.82) is 0 Å². The second-order valence-corrected chi connectivity index (χ2v) is 5.72. The minimum Gasteiger partial charge on any atom is -0.379 e. The number of benzene rings is 1.